The topological polar surface area (TPSA) is 58.6 Å². The molecule has 0 aromatic heterocycles. The number of benzene rings is 1. The Balaban J connectivity index is 2.05. The van der Waals surface area contributed by atoms with Crippen molar-refractivity contribution in [3.8, 4) is 0 Å². The number of aliphatic hydroxyl groups is 1. The van der Waals surface area contributed by atoms with E-state index in [1.54, 1.807) is 0 Å². The van der Waals surface area contributed by atoms with Crippen molar-refractivity contribution in [3.63, 3.8) is 0 Å². The van der Waals surface area contributed by atoms with Crippen LogP contribution in [0.1, 0.15) is 11.1 Å². The number of alkyl carbamates (subject to hydrolysis) is 1. The third kappa shape index (κ3) is 3.17. The molecule has 1 aromatic rings. The fraction of sp³-hybridized carbons (Fsp3) is 0.417. The van der Waals surface area contributed by atoms with Crippen molar-refractivity contribution in [2.45, 2.75) is 24.7 Å². The molecule has 104 valence electrons. The highest BCUT2D eigenvalue weighted by Crippen LogP contribution is 2.29. The van der Waals surface area contributed by atoms with Crippen LogP contribution in [0, 0.1) is 0 Å². The SMILES string of the molecule is O=C1NC(CO)C(Cc2ccc(C(F)(F)F)cc2)O1. The zero-order chi connectivity index (χ0) is 14.0. The Bertz CT molecular complexity index is 458. The molecule has 2 atom stereocenters. The number of ether oxygens (including phenoxy) is 1. The Morgan fingerprint density at radius 2 is 1.89 bits per heavy atom. The van der Waals surface area contributed by atoms with Gasteiger partial charge < -0.3 is 15.2 Å². The highest BCUT2D eigenvalue weighted by molar-refractivity contribution is 5.70. The number of aliphatic hydroxyl groups excluding tert-OH is 1. The average molecular weight is 275 g/mol. The van der Waals surface area contributed by atoms with Crippen LogP contribution in [0.15, 0.2) is 24.3 Å². The van der Waals surface area contributed by atoms with E-state index >= 15 is 0 Å². The highest BCUT2D eigenvalue weighted by atomic mass is 19.4. The first kappa shape index (κ1) is 13.7. The first-order chi connectivity index (χ1) is 8.90. The molecule has 0 bridgehead atoms. The molecule has 1 aromatic carbocycles. The van der Waals surface area contributed by atoms with Crippen LogP contribution in [-0.4, -0.2) is 30.0 Å². The van der Waals surface area contributed by atoms with Crippen LogP contribution in [0.25, 0.3) is 0 Å². The summed E-state index contributed by atoms with van der Waals surface area (Å²) >= 11 is 0. The van der Waals surface area contributed by atoms with Gasteiger partial charge in [-0.25, -0.2) is 4.79 Å². The van der Waals surface area contributed by atoms with E-state index in [1.165, 1.54) is 12.1 Å². The summed E-state index contributed by atoms with van der Waals surface area (Å²) in [6, 6.07) is 4.10. The van der Waals surface area contributed by atoms with Crippen LogP contribution >= 0.6 is 0 Å². The third-order valence-corrected chi connectivity index (χ3v) is 2.93. The second kappa shape index (κ2) is 5.08. The summed E-state index contributed by atoms with van der Waals surface area (Å²) in [6.45, 7) is -0.281. The van der Waals surface area contributed by atoms with Crippen molar-refractivity contribution >= 4 is 6.09 Å². The van der Waals surface area contributed by atoms with Gasteiger partial charge in [-0.3, -0.25) is 0 Å². The van der Waals surface area contributed by atoms with Gasteiger partial charge in [0.1, 0.15) is 6.10 Å². The quantitative estimate of drug-likeness (QED) is 0.883. The molecule has 19 heavy (non-hydrogen) atoms. The molecule has 1 aliphatic rings. The maximum absolute atomic E-state index is 12.4. The number of halogens is 3. The smallest absolute Gasteiger partial charge is 0.416 e. The molecule has 0 aliphatic carbocycles. The van der Waals surface area contributed by atoms with Crippen molar-refractivity contribution in [2.75, 3.05) is 6.61 Å². The minimum atomic E-state index is -4.37. The molecular formula is C12H12F3NO3. The summed E-state index contributed by atoms with van der Waals surface area (Å²) in [5, 5.41) is 11.5. The Morgan fingerprint density at radius 1 is 1.26 bits per heavy atom. The lowest BCUT2D eigenvalue weighted by molar-refractivity contribution is -0.137. The lowest BCUT2D eigenvalue weighted by Crippen LogP contribution is -2.36. The standard InChI is InChI=1S/C12H12F3NO3/c13-12(14,15)8-3-1-7(2-4-8)5-10-9(6-17)16-11(18)19-10/h1-4,9-10,17H,5-6H2,(H,16,18). The number of amides is 1. The molecule has 1 heterocycles. The summed E-state index contributed by atoms with van der Waals surface area (Å²) in [5.74, 6) is 0. The van der Waals surface area contributed by atoms with E-state index in [4.69, 9.17) is 9.84 Å². The van der Waals surface area contributed by atoms with Crippen LogP contribution in [0.5, 0.6) is 0 Å². The van der Waals surface area contributed by atoms with Crippen LogP contribution in [0.3, 0.4) is 0 Å². The number of carbonyl (C=O) groups excluding carboxylic acids is 1. The van der Waals surface area contributed by atoms with E-state index in [2.05, 4.69) is 5.32 Å². The monoisotopic (exact) mass is 275 g/mol. The van der Waals surface area contributed by atoms with Crippen molar-refractivity contribution in [1.29, 1.82) is 0 Å². The van der Waals surface area contributed by atoms with Gasteiger partial charge in [0, 0.05) is 6.42 Å². The van der Waals surface area contributed by atoms with E-state index in [1.807, 2.05) is 0 Å². The number of hydrogen-bond acceptors (Lipinski definition) is 3. The van der Waals surface area contributed by atoms with E-state index in [9.17, 15) is 18.0 Å². The van der Waals surface area contributed by atoms with Crippen LogP contribution < -0.4 is 5.32 Å². The summed E-state index contributed by atoms with van der Waals surface area (Å²) < 4.78 is 42.1. The third-order valence-electron chi connectivity index (χ3n) is 2.93. The number of rotatable bonds is 3. The van der Waals surface area contributed by atoms with Gasteiger partial charge in [-0.15, -0.1) is 0 Å². The fourth-order valence-corrected chi connectivity index (χ4v) is 1.91. The number of hydrogen-bond donors (Lipinski definition) is 2. The summed E-state index contributed by atoms with van der Waals surface area (Å²) in [7, 11) is 0. The molecule has 0 saturated carbocycles. The van der Waals surface area contributed by atoms with Gasteiger partial charge in [-0.05, 0) is 17.7 Å². The predicted molar refractivity (Wildman–Crippen MR) is 59.4 cm³/mol. The van der Waals surface area contributed by atoms with Crippen molar-refractivity contribution in [3.05, 3.63) is 35.4 Å². The molecule has 0 spiro atoms. The summed E-state index contributed by atoms with van der Waals surface area (Å²) in [4.78, 5) is 11.0. The molecule has 0 radical (unpaired) electrons. The lowest BCUT2D eigenvalue weighted by atomic mass is 10.0. The minimum Gasteiger partial charge on any atom is -0.444 e. The van der Waals surface area contributed by atoms with E-state index in [0.29, 0.717) is 5.56 Å². The Morgan fingerprint density at radius 3 is 2.42 bits per heavy atom. The van der Waals surface area contributed by atoms with E-state index in [0.717, 1.165) is 12.1 Å². The van der Waals surface area contributed by atoms with E-state index < -0.39 is 30.0 Å². The fourth-order valence-electron chi connectivity index (χ4n) is 1.91. The molecule has 2 rings (SSSR count). The molecule has 1 saturated heterocycles. The number of cyclic esters (lactones) is 1. The number of carbonyl (C=O) groups is 1. The van der Waals surface area contributed by atoms with Gasteiger partial charge in [-0.1, -0.05) is 12.1 Å². The zero-order valence-corrected chi connectivity index (χ0v) is 9.78. The van der Waals surface area contributed by atoms with Crippen LogP contribution in [0.4, 0.5) is 18.0 Å². The second-order valence-electron chi connectivity index (χ2n) is 4.28. The Labute approximate surface area is 107 Å². The molecule has 1 aliphatic heterocycles. The van der Waals surface area contributed by atoms with Crippen molar-refractivity contribution < 1.29 is 27.8 Å². The van der Waals surface area contributed by atoms with Crippen LogP contribution in [0.2, 0.25) is 0 Å². The molecule has 7 heteroatoms. The van der Waals surface area contributed by atoms with Gasteiger partial charge in [0.25, 0.3) is 0 Å². The van der Waals surface area contributed by atoms with Gasteiger partial charge in [0.2, 0.25) is 0 Å². The first-order valence-corrected chi connectivity index (χ1v) is 5.64. The predicted octanol–water partition coefficient (Wildman–Crippen LogP) is 1.72. The van der Waals surface area contributed by atoms with Crippen LogP contribution in [-0.2, 0) is 17.3 Å². The highest BCUT2D eigenvalue weighted by Gasteiger charge is 2.34. The second-order valence-corrected chi connectivity index (χ2v) is 4.28. The molecule has 2 unspecified atom stereocenters. The Hall–Kier alpha value is -1.76. The van der Waals surface area contributed by atoms with Gasteiger partial charge in [0.05, 0.1) is 18.2 Å². The zero-order valence-electron chi connectivity index (χ0n) is 9.78. The average Bonchev–Trinajstić information content (AvgIpc) is 2.69. The van der Waals surface area contributed by atoms with Crippen molar-refractivity contribution in [2.24, 2.45) is 0 Å². The summed E-state index contributed by atoms with van der Waals surface area (Å²) in [5.41, 5.74) is -0.121. The largest absolute Gasteiger partial charge is 0.444 e. The maximum atomic E-state index is 12.4. The Kier molecular flexibility index (Phi) is 3.66. The minimum absolute atomic E-state index is 0.252. The molecular weight excluding hydrogens is 263 g/mol. The van der Waals surface area contributed by atoms with Crippen molar-refractivity contribution in [1.82, 2.24) is 5.32 Å². The maximum Gasteiger partial charge on any atom is 0.416 e. The molecule has 4 nitrogen and oxygen atoms in total. The summed E-state index contributed by atoms with van der Waals surface area (Å²) in [6.07, 6.45) is -5.32. The lowest BCUT2D eigenvalue weighted by Gasteiger charge is -2.15. The molecule has 1 amide bonds. The van der Waals surface area contributed by atoms with Gasteiger partial charge in [-0.2, -0.15) is 13.2 Å². The first-order valence-electron chi connectivity index (χ1n) is 5.64. The normalized spacial score (nSPS) is 23.1. The van der Waals surface area contributed by atoms with Gasteiger partial charge in [0.15, 0.2) is 0 Å². The van der Waals surface area contributed by atoms with Gasteiger partial charge >= 0.3 is 12.3 Å². The molecule has 2 N–H and O–H groups in total. The van der Waals surface area contributed by atoms with E-state index in [-0.39, 0.29) is 13.0 Å². The number of nitrogens with one attached hydrogen (secondary N) is 1. The molecule has 1 fully saturated rings. The number of alkyl halides is 3.